The molecule has 21 heavy (non-hydrogen) atoms. The van der Waals surface area contributed by atoms with Gasteiger partial charge >= 0.3 is 0 Å². The fourth-order valence-electron chi connectivity index (χ4n) is 2.31. The van der Waals surface area contributed by atoms with Crippen LogP contribution in [-0.4, -0.2) is 43.3 Å². The fraction of sp³-hybridized carbons (Fsp3) is 0.538. The number of rotatable bonds is 4. The van der Waals surface area contributed by atoms with E-state index in [1.165, 1.54) is 18.3 Å². The number of likely N-dealkylation sites (tertiary alicyclic amines) is 1. The van der Waals surface area contributed by atoms with Crippen LogP contribution >= 0.6 is 11.6 Å². The minimum atomic E-state index is -3.87. The summed E-state index contributed by atoms with van der Waals surface area (Å²) in [4.78, 5) is 17.6. The first-order valence-electron chi connectivity index (χ1n) is 6.83. The second-order valence-electron chi connectivity index (χ2n) is 5.02. The predicted octanol–water partition coefficient (Wildman–Crippen LogP) is 1.41. The van der Waals surface area contributed by atoms with Crippen LogP contribution < -0.4 is 4.72 Å². The van der Waals surface area contributed by atoms with E-state index in [1.54, 1.807) is 11.8 Å². The van der Waals surface area contributed by atoms with Gasteiger partial charge in [0.2, 0.25) is 15.9 Å². The standard InChI is InChI=1S/C13H18ClN3O3S/c1-10(13(18)17-8-3-2-4-9-17)16-21(19,20)11-6-5-7-15-12(11)14/h5-7,10,16H,2-4,8-9H2,1H3. The first-order chi connectivity index (χ1) is 9.92. The number of halogens is 1. The fourth-order valence-corrected chi connectivity index (χ4v) is 3.96. The van der Waals surface area contributed by atoms with Crippen LogP contribution in [-0.2, 0) is 14.8 Å². The maximum Gasteiger partial charge on any atom is 0.244 e. The molecule has 1 unspecified atom stereocenters. The molecule has 0 radical (unpaired) electrons. The zero-order valence-electron chi connectivity index (χ0n) is 11.8. The number of nitrogens with one attached hydrogen (secondary N) is 1. The van der Waals surface area contributed by atoms with E-state index in [0.29, 0.717) is 13.1 Å². The van der Waals surface area contributed by atoms with Crippen molar-refractivity contribution in [2.45, 2.75) is 37.1 Å². The van der Waals surface area contributed by atoms with Crippen molar-refractivity contribution >= 4 is 27.5 Å². The highest BCUT2D eigenvalue weighted by atomic mass is 35.5. The summed E-state index contributed by atoms with van der Waals surface area (Å²) in [5, 5.41) is -0.109. The average Bonchev–Trinajstić information content (AvgIpc) is 2.47. The lowest BCUT2D eigenvalue weighted by Gasteiger charge is -2.29. The summed E-state index contributed by atoms with van der Waals surface area (Å²) in [6.45, 7) is 2.90. The number of carbonyl (C=O) groups is 1. The molecule has 0 aromatic carbocycles. The van der Waals surface area contributed by atoms with Crippen LogP contribution in [0.25, 0.3) is 0 Å². The Morgan fingerprint density at radius 3 is 2.67 bits per heavy atom. The average molecular weight is 332 g/mol. The summed E-state index contributed by atoms with van der Waals surface area (Å²) in [5.74, 6) is -0.210. The number of aromatic nitrogens is 1. The molecule has 1 saturated heterocycles. The van der Waals surface area contributed by atoms with E-state index in [2.05, 4.69) is 9.71 Å². The Morgan fingerprint density at radius 1 is 1.38 bits per heavy atom. The van der Waals surface area contributed by atoms with Crippen molar-refractivity contribution in [3.8, 4) is 0 Å². The van der Waals surface area contributed by atoms with Gasteiger partial charge in [0.25, 0.3) is 0 Å². The molecule has 1 aromatic rings. The third kappa shape index (κ3) is 3.93. The van der Waals surface area contributed by atoms with Gasteiger partial charge in [-0.2, -0.15) is 4.72 Å². The van der Waals surface area contributed by atoms with Crippen molar-refractivity contribution in [2.75, 3.05) is 13.1 Å². The van der Waals surface area contributed by atoms with Crippen molar-refractivity contribution in [2.24, 2.45) is 0 Å². The largest absolute Gasteiger partial charge is 0.341 e. The van der Waals surface area contributed by atoms with Gasteiger partial charge < -0.3 is 4.90 Å². The minimum absolute atomic E-state index is 0.109. The zero-order valence-corrected chi connectivity index (χ0v) is 13.3. The van der Waals surface area contributed by atoms with Gasteiger partial charge in [-0.1, -0.05) is 11.6 Å². The number of piperidine rings is 1. The SMILES string of the molecule is CC(NS(=O)(=O)c1cccnc1Cl)C(=O)N1CCCCC1. The molecule has 116 valence electrons. The number of nitrogens with zero attached hydrogens (tertiary/aromatic N) is 2. The van der Waals surface area contributed by atoms with E-state index in [1.807, 2.05) is 0 Å². The molecule has 0 bridgehead atoms. The Labute approximate surface area is 129 Å². The monoisotopic (exact) mass is 331 g/mol. The van der Waals surface area contributed by atoms with Crippen molar-refractivity contribution < 1.29 is 13.2 Å². The predicted molar refractivity (Wildman–Crippen MR) is 79.5 cm³/mol. The van der Waals surface area contributed by atoms with Crippen LogP contribution in [0.2, 0.25) is 5.15 Å². The smallest absolute Gasteiger partial charge is 0.244 e. The molecule has 2 rings (SSSR count). The van der Waals surface area contributed by atoms with Gasteiger partial charge in [-0.3, -0.25) is 4.79 Å². The van der Waals surface area contributed by atoms with Crippen LogP contribution in [0.3, 0.4) is 0 Å². The zero-order chi connectivity index (χ0) is 15.5. The summed E-state index contributed by atoms with van der Waals surface area (Å²) in [6, 6.07) is 2.01. The molecule has 1 amide bonds. The molecule has 1 aliphatic rings. The van der Waals surface area contributed by atoms with E-state index < -0.39 is 16.1 Å². The maximum absolute atomic E-state index is 12.2. The lowest BCUT2D eigenvalue weighted by Crippen LogP contribution is -2.48. The van der Waals surface area contributed by atoms with Crippen LogP contribution in [0.4, 0.5) is 0 Å². The molecule has 1 aliphatic heterocycles. The molecule has 1 atom stereocenters. The third-order valence-electron chi connectivity index (χ3n) is 3.38. The number of hydrogen-bond donors (Lipinski definition) is 1. The first kappa shape index (κ1) is 16.2. The van der Waals surface area contributed by atoms with E-state index in [4.69, 9.17) is 11.6 Å². The lowest BCUT2D eigenvalue weighted by atomic mass is 10.1. The summed E-state index contributed by atoms with van der Waals surface area (Å²) in [5.41, 5.74) is 0. The Hall–Kier alpha value is -1.18. The second-order valence-corrected chi connectivity index (χ2v) is 7.06. The number of carbonyl (C=O) groups excluding carboxylic acids is 1. The van der Waals surface area contributed by atoms with E-state index in [-0.39, 0.29) is 16.0 Å². The molecule has 2 heterocycles. The second kappa shape index (κ2) is 6.72. The molecule has 0 aliphatic carbocycles. The van der Waals surface area contributed by atoms with Gasteiger partial charge in [-0.25, -0.2) is 13.4 Å². The van der Waals surface area contributed by atoms with Crippen molar-refractivity contribution in [3.05, 3.63) is 23.5 Å². The molecule has 1 aromatic heterocycles. The van der Waals surface area contributed by atoms with Crippen LogP contribution in [0.1, 0.15) is 26.2 Å². The normalized spacial score (nSPS) is 17.5. The molecular formula is C13H18ClN3O3S. The van der Waals surface area contributed by atoms with Crippen molar-refractivity contribution in [1.82, 2.24) is 14.6 Å². The third-order valence-corrected chi connectivity index (χ3v) is 5.37. The maximum atomic E-state index is 12.2. The van der Waals surface area contributed by atoms with E-state index >= 15 is 0 Å². The molecule has 0 saturated carbocycles. The summed E-state index contributed by atoms with van der Waals surface area (Å²) in [6.07, 6.45) is 4.43. The Morgan fingerprint density at radius 2 is 2.05 bits per heavy atom. The van der Waals surface area contributed by atoms with Crippen molar-refractivity contribution in [3.63, 3.8) is 0 Å². The Kier molecular flexibility index (Phi) is 5.18. The highest BCUT2D eigenvalue weighted by Gasteiger charge is 2.27. The highest BCUT2D eigenvalue weighted by molar-refractivity contribution is 7.89. The number of hydrogen-bond acceptors (Lipinski definition) is 4. The Bertz CT molecular complexity index is 615. The molecule has 0 spiro atoms. The molecule has 6 nitrogen and oxygen atoms in total. The van der Waals surface area contributed by atoms with E-state index in [9.17, 15) is 13.2 Å². The molecule has 1 fully saturated rings. The van der Waals surface area contributed by atoms with Gasteiger partial charge in [-0.15, -0.1) is 0 Å². The summed E-state index contributed by atoms with van der Waals surface area (Å²) >= 11 is 5.79. The summed E-state index contributed by atoms with van der Waals surface area (Å²) < 4.78 is 26.9. The lowest BCUT2D eigenvalue weighted by molar-refractivity contribution is -0.133. The molecular weight excluding hydrogens is 314 g/mol. The summed E-state index contributed by atoms with van der Waals surface area (Å²) in [7, 11) is -3.87. The van der Waals surface area contributed by atoms with Gasteiger partial charge in [0.1, 0.15) is 10.0 Å². The van der Waals surface area contributed by atoms with Gasteiger partial charge in [0.15, 0.2) is 0 Å². The highest BCUT2D eigenvalue weighted by Crippen LogP contribution is 2.18. The number of amides is 1. The van der Waals surface area contributed by atoms with Gasteiger partial charge in [-0.05, 0) is 38.3 Å². The topological polar surface area (TPSA) is 79.4 Å². The quantitative estimate of drug-likeness (QED) is 0.846. The van der Waals surface area contributed by atoms with Crippen LogP contribution in [0, 0.1) is 0 Å². The molecule has 1 N–H and O–H groups in total. The number of pyridine rings is 1. The number of sulfonamides is 1. The van der Waals surface area contributed by atoms with Crippen LogP contribution in [0.15, 0.2) is 23.2 Å². The minimum Gasteiger partial charge on any atom is -0.341 e. The van der Waals surface area contributed by atoms with Crippen LogP contribution in [0.5, 0.6) is 0 Å². The Balaban J connectivity index is 2.09. The first-order valence-corrected chi connectivity index (χ1v) is 8.69. The van der Waals surface area contributed by atoms with Gasteiger partial charge in [0.05, 0.1) is 6.04 Å². The molecule has 8 heteroatoms. The van der Waals surface area contributed by atoms with Crippen molar-refractivity contribution in [1.29, 1.82) is 0 Å². The van der Waals surface area contributed by atoms with Gasteiger partial charge in [0, 0.05) is 19.3 Å². The van der Waals surface area contributed by atoms with E-state index in [0.717, 1.165) is 19.3 Å².